The van der Waals surface area contributed by atoms with Crippen LogP contribution in [0.1, 0.15) is 34.3 Å². The molecule has 8 heteroatoms. The molecule has 0 radical (unpaired) electrons. The first-order chi connectivity index (χ1) is 12.8. The summed E-state index contributed by atoms with van der Waals surface area (Å²) in [4.78, 5) is 14.9. The van der Waals surface area contributed by atoms with Gasteiger partial charge in [0.15, 0.2) is 0 Å². The van der Waals surface area contributed by atoms with Crippen molar-refractivity contribution in [2.75, 3.05) is 0 Å². The van der Waals surface area contributed by atoms with E-state index in [4.69, 9.17) is 5.11 Å². The molecule has 27 heavy (non-hydrogen) atoms. The molecule has 0 aliphatic carbocycles. The average Bonchev–Trinajstić information content (AvgIpc) is 3.13. The number of aliphatic hydroxyl groups is 1. The summed E-state index contributed by atoms with van der Waals surface area (Å²) in [6, 6.07) is 8.91. The molecule has 0 bridgehead atoms. The third-order valence-corrected chi connectivity index (χ3v) is 4.64. The second-order valence-corrected chi connectivity index (χ2v) is 6.29. The standard InChI is InChI=1S/C19H17F2N3O3/c1-12(13-2-4-14(5-3-13)18(25)26)19(27,9-24-11-22-10-23-24)16-7-6-15(20)8-17(16)21/h2-8,10-12,27H,9H2,1H3,(H,25,26). The molecule has 0 aliphatic heterocycles. The Morgan fingerprint density at radius 1 is 1.22 bits per heavy atom. The van der Waals surface area contributed by atoms with Gasteiger partial charge in [-0.05, 0) is 23.8 Å². The molecular weight excluding hydrogens is 356 g/mol. The van der Waals surface area contributed by atoms with E-state index in [9.17, 15) is 18.7 Å². The molecule has 1 aromatic heterocycles. The Hall–Kier alpha value is -3.13. The molecule has 3 aromatic rings. The van der Waals surface area contributed by atoms with Crippen LogP contribution >= 0.6 is 0 Å². The molecule has 0 aliphatic rings. The van der Waals surface area contributed by atoms with E-state index >= 15 is 0 Å². The molecule has 140 valence electrons. The van der Waals surface area contributed by atoms with Crippen LogP contribution in [0.5, 0.6) is 0 Å². The highest BCUT2D eigenvalue weighted by atomic mass is 19.1. The number of aromatic carboxylic acids is 1. The van der Waals surface area contributed by atoms with Gasteiger partial charge in [-0.15, -0.1) is 0 Å². The number of hydrogen-bond acceptors (Lipinski definition) is 4. The predicted octanol–water partition coefficient (Wildman–Crippen LogP) is 2.95. The SMILES string of the molecule is CC(c1ccc(C(=O)O)cc1)C(O)(Cn1cncn1)c1ccc(F)cc1F. The van der Waals surface area contributed by atoms with E-state index in [1.54, 1.807) is 19.1 Å². The highest BCUT2D eigenvalue weighted by Crippen LogP contribution is 2.39. The molecule has 0 spiro atoms. The second-order valence-electron chi connectivity index (χ2n) is 6.29. The number of nitrogens with zero attached hydrogens (tertiary/aromatic N) is 3. The molecule has 0 amide bonds. The molecule has 2 unspecified atom stereocenters. The van der Waals surface area contributed by atoms with Crippen molar-refractivity contribution in [1.29, 1.82) is 0 Å². The lowest BCUT2D eigenvalue weighted by atomic mass is 9.78. The topological polar surface area (TPSA) is 88.2 Å². The number of carboxylic acids is 1. The van der Waals surface area contributed by atoms with E-state index in [2.05, 4.69) is 10.1 Å². The summed E-state index contributed by atoms with van der Waals surface area (Å²) >= 11 is 0. The van der Waals surface area contributed by atoms with E-state index in [0.29, 0.717) is 11.6 Å². The first kappa shape index (κ1) is 18.7. The van der Waals surface area contributed by atoms with Crippen LogP contribution in [0, 0.1) is 11.6 Å². The Kier molecular flexibility index (Phi) is 5.00. The maximum Gasteiger partial charge on any atom is 0.335 e. The van der Waals surface area contributed by atoms with Gasteiger partial charge in [0.25, 0.3) is 0 Å². The van der Waals surface area contributed by atoms with Gasteiger partial charge >= 0.3 is 5.97 Å². The van der Waals surface area contributed by atoms with Gasteiger partial charge in [0, 0.05) is 17.5 Å². The summed E-state index contributed by atoms with van der Waals surface area (Å²) in [5.74, 6) is -3.37. The fourth-order valence-electron chi connectivity index (χ4n) is 3.05. The molecule has 0 saturated carbocycles. The van der Waals surface area contributed by atoms with Gasteiger partial charge in [-0.25, -0.2) is 23.2 Å². The summed E-state index contributed by atoms with van der Waals surface area (Å²) in [5, 5.41) is 24.5. The van der Waals surface area contributed by atoms with Gasteiger partial charge in [-0.2, -0.15) is 5.10 Å². The van der Waals surface area contributed by atoms with Crippen LogP contribution in [-0.2, 0) is 12.1 Å². The molecule has 2 atom stereocenters. The summed E-state index contributed by atoms with van der Waals surface area (Å²) < 4.78 is 29.2. The van der Waals surface area contributed by atoms with Crippen molar-refractivity contribution in [3.8, 4) is 0 Å². The van der Waals surface area contributed by atoms with Crippen LogP contribution < -0.4 is 0 Å². The van der Waals surface area contributed by atoms with Crippen molar-refractivity contribution < 1.29 is 23.8 Å². The fraction of sp³-hybridized carbons (Fsp3) is 0.211. The van der Waals surface area contributed by atoms with Crippen LogP contribution in [0.15, 0.2) is 55.1 Å². The van der Waals surface area contributed by atoms with Gasteiger partial charge < -0.3 is 10.2 Å². The summed E-state index contributed by atoms with van der Waals surface area (Å²) in [6.07, 6.45) is 2.67. The van der Waals surface area contributed by atoms with Crippen molar-refractivity contribution in [1.82, 2.24) is 14.8 Å². The number of benzene rings is 2. The summed E-state index contributed by atoms with van der Waals surface area (Å²) in [6.45, 7) is 1.55. The van der Waals surface area contributed by atoms with Crippen molar-refractivity contribution >= 4 is 5.97 Å². The largest absolute Gasteiger partial charge is 0.478 e. The molecule has 2 aromatic carbocycles. The number of carbonyl (C=O) groups is 1. The van der Waals surface area contributed by atoms with Crippen molar-refractivity contribution in [3.63, 3.8) is 0 Å². The third-order valence-electron chi connectivity index (χ3n) is 4.64. The molecular formula is C19H17F2N3O3. The van der Waals surface area contributed by atoms with E-state index in [-0.39, 0.29) is 17.7 Å². The lowest BCUT2D eigenvalue weighted by Crippen LogP contribution is -2.38. The van der Waals surface area contributed by atoms with Crippen LogP contribution in [0.2, 0.25) is 0 Å². The van der Waals surface area contributed by atoms with Crippen LogP contribution in [0.3, 0.4) is 0 Å². The van der Waals surface area contributed by atoms with Gasteiger partial charge in [0.2, 0.25) is 0 Å². The molecule has 6 nitrogen and oxygen atoms in total. The van der Waals surface area contributed by atoms with E-state index in [0.717, 1.165) is 6.07 Å². The lowest BCUT2D eigenvalue weighted by molar-refractivity contribution is -0.0112. The number of halogens is 2. The minimum absolute atomic E-state index is 0.0887. The van der Waals surface area contributed by atoms with Crippen LogP contribution in [0.25, 0.3) is 0 Å². The molecule has 3 rings (SSSR count). The highest BCUT2D eigenvalue weighted by Gasteiger charge is 2.40. The van der Waals surface area contributed by atoms with Gasteiger partial charge in [-0.1, -0.05) is 25.1 Å². The first-order valence-electron chi connectivity index (χ1n) is 8.15. The van der Waals surface area contributed by atoms with E-state index in [1.807, 2.05) is 0 Å². The smallest absolute Gasteiger partial charge is 0.335 e. The number of hydrogen-bond donors (Lipinski definition) is 2. The van der Waals surface area contributed by atoms with Gasteiger partial charge in [0.1, 0.15) is 29.9 Å². The second kappa shape index (κ2) is 7.24. The normalized spacial score (nSPS) is 14.5. The first-order valence-corrected chi connectivity index (χ1v) is 8.15. The average molecular weight is 373 g/mol. The van der Waals surface area contributed by atoms with Crippen LogP contribution in [-0.4, -0.2) is 30.9 Å². The minimum Gasteiger partial charge on any atom is -0.478 e. The van der Waals surface area contributed by atoms with Gasteiger partial charge in [-0.3, -0.25) is 0 Å². The number of rotatable bonds is 6. The highest BCUT2D eigenvalue weighted by molar-refractivity contribution is 5.87. The minimum atomic E-state index is -1.78. The van der Waals surface area contributed by atoms with Gasteiger partial charge in [0.05, 0.1) is 12.1 Å². The van der Waals surface area contributed by atoms with Crippen molar-refractivity contribution in [2.24, 2.45) is 0 Å². The number of carboxylic acid groups (broad SMARTS) is 1. The lowest BCUT2D eigenvalue weighted by Gasteiger charge is -2.35. The van der Waals surface area contributed by atoms with E-state index < -0.39 is 29.1 Å². The van der Waals surface area contributed by atoms with Crippen molar-refractivity contribution in [2.45, 2.75) is 25.0 Å². The Morgan fingerprint density at radius 3 is 2.48 bits per heavy atom. The predicted molar refractivity (Wildman–Crippen MR) is 92.1 cm³/mol. The molecule has 0 fully saturated rings. The zero-order chi connectivity index (χ0) is 19.6. The zero-order valence-corrected chi connectivity index (χ0v) is 14.4. The maximum atomic E-state index is 14.5. The third kappa shape index (κ3) is 3.70. The molecule has 2 N–H and O–H groups in total. The Bertz CT molecular complexity index is 945. The van der Waals surface area contributed by atoms with E-state index in [1.165, 1.54) is 35.5 Å². The molecule has 0 saturated heterocycles. The quantitative estimate of drug-likeness (QED) is 0.694. The Morgan fingerprint density at radius 2 is 1.93 bits per heavy atom. The Labute approximate surface area is 153 Å². The monoisotopic (exact) mass is 373 g/mol. The number of aromatic nitrogens is 3. The summed E-state index contributed by atoms with van der Waals surface area (Å²) in [5.41, 5.74) is -1.18. The summed E-state index contributed by atoms with van der Waals surface area (Å²) in [7, 11) is 0. The van der Waals surface area contributed by atoms with Crippen LogP contribution in [0.4, 0.5) is 8.78 Å². The molecule has 1 heterocycles. The zero-order valence-electron chi connectivity index (χ0n) is 14.4. The van der Waals surface area contributed by atoms with Crippen molar-refractivity contribution in [3.05, 3.63) is 83.4 Å². The maximum absolute atomic E-state index is 14.5. The Balaban J connectivity index is 2.06. The fourth-order valence-corrected chi connectivity index (χ4v) is 3.05.